The molecule has 106 valence electrons. The molecule has 2 heterocycles. The molecular formula is C15H31N3. The first kappa shape index (κ1) is 14.3. The summed E-state index contributed by atoms with van der Waals surface area (Å²) in [6.07, 6.45) is 2.70. The van der Waals surface area contributed by atoms with E-state index in [-0.39, 0.29) is 0 Å². The SMILES string of the molecule is CC1CN(CC2NCCCC2(C)C)CC(C)N1C. The van der Waals surface area contributed by atoms with E-state index in [0.717, 1.165) is 0 Å². The topological polar surface area (TPSA) is 18.5 Å². The fourth-order valence-electron chi connectivity index (χ4n) is 3.50. The molecule has 0 aromatic rings. The van der Waals surface area contributed by atoms with Gasteiger partial charge in [0.15, 0.2) is 0 Å². The van der Waals surface area contributed by atoms with Gasteiger partial charge in [0, 0.05) is 37.8 Å². The van der Waals surface area contributed by atoms with Crippen LogP contribution in [0.4, 0.5) is 0 Å². The van der Waals surface area contributed by atoms with E-state index in [1.807, 2.05) is 0 Å². The van der Waals surface area contributed by atoms with Crippen LogP contribution in [0.15, 0.2) is 0 Å². The van der Waals surface area contributed by atoms with E-state index in [4.69, 9.17) is 0 Å². The lowest BCUT2D eigenvalue weighted by Gasteiger charge is -2.47. The van der Waals surface area contributed by atoms with Crippen LogP contribution in [0.5, 0.6) is 0 Å². The summed E-state index contributed by atoms with van der Waals surface area (Å²) in [5.41, 5.74) is 0.452. The highest BCUT2D eigenvalue weighted by atomic mass is 15.3. The molecule has 3 unspecified atom stereocenters. The third-order valence-corrected chi connectivity index (χ3v) is 5.21. The summed E-state index contributed by atoms with van der Waals surface area (Å²) in [6, 6.07) is 2.02. The van der Waals surface area contributed by atoms with Crippen molar-refractivity contribution in [1.82, 2.24) is 15.1 Å². The van der Waals surface area contributed by atoms with Crippen molar-refractivity contribution in [3.63, 3.8) is 0 Å². The lowest BCUT2D eigenvalue weighted by Crippen LogP contribution is -2.60. The quantitative estimate of drug-likeness (QED) is 0.809. The number of likely N-dealkylation sites (N-methyl/N-ethyl adjacent to an activating group) is 1. The van der Waals surface area contributed by atoms with Crippen LogP contribution in [0, 0.1) is 5.41 Å². The summed E-state index contributed by atoms with van der Waals surface area (Å²) in [7, 11) is 2.26. The average Bonchev–Trinajstić information content (AvgIpc) is 2.28. The van der Waals surface area contributed by atoms with Crippen molar-refractivity contribution < 1.29 is 0 Å². The van der Waals surface area contributed by atoms with Crippen LogP contribution >= 0.6 is 0 Å². The number of piperidine rings is 1. The number of nitrogens with one attached hydrogen (secondary N) is 1. The monoisotopic (exact) mass is 253 g/mol. The van der Waals surface area contributed by atoms with Crippen LogP contribution in [-0.2, 0) is 0 Å². The maximum atomic E-state index is 3.74. The molecule has 0 spiro atoms. The Bertz CT molecular complexity index is 265. The molecule has 2 rings (SSSR count). The van der Waals surface area contributed by atoms with Gasteiger partial charge in [-0.05, 0) is 45.7 Å². The van der Waals surface area contributed by atoms with E-state index in [0.29, 0.717) is 23.5 Å². The van der Waals surface area contributed by atoms with Crippen molar-refractivity contribution in [1.29, 1.82) is 0 Å². The zero-order valence-corrected chi connectivity index (χ0v) is 12.9. The van der Waals surface area contributed by atoms with Gasteiger partial charge in [-0.2, -0.15) is 0 Å². The largest absolute Gasteiger partial charge is 0.312 e. The summed E-state index contributed by atoms with van der Waals surface area (Å²) < 4.78 is 0. The number of rotatable bonds is 2. The molecule has 1 N–H and O–H groups in total. The Morgan fingerprint density at radius 3 is 2.33 bits per heavy atom. The second-order valence-electron chi connectivity index (χ2n) is 7.18. The Labute approximate surface area is 113 Å². The van der Waals surface area contributed by atoms with Gasteiger partial charge in [-0.15, -0.1) is 0 Å². The van der Waals surface area contributed by atoms with Crippen molar-refractivity contribution >= 4 is 0 Å². The van der Waals surface area contributed by atoms with Crippen LogP contribution in [0.3, 0.4) is 0 Å². The van der Waals surface area contributed by atoms with Crippen molar-refractivity contribution in [3.05, 3.63) is 0 Å². The first-order valence-corrected chi connectivity index (χ1v) is 7.58. The molecule has 0 aliphatic carbocycles. The van der Waals surface area contributed by atoms with Gasteiger partial charge in [-0.25, -0.2) is 0 Å². The molecule has 0 radical (unpaired) electrons. The predicted molar refractivity (Wildman–Crippen MR) is 77.9 cm³/mol. The minimum atomic E-state index is 0.452. The first-order valence-electron chi connectivity index (χ1n) is 7.58. The Balaban J connectivity index is 1.93. The predicted octanol–water partition coefficient (Wildman–Crippen LogP) is 1.79. The fourth-order valence-corrected chi connectivity index (χ4v) is 3.50. The highest BCUT2D eigenvalue weighted by Crippen LogP contribution is 2.31. The zero-order chi connectivity index (χ0) is 13.3. The van der Waals surface area contributed by atoms with Crippen LogP contribution in [0.25, 0.3) is 0 Å². The number of piperazine rings is 1. The van der Waals surface area contributed by atoms with E-state index < -0.39 is 0 Å². The Hall–Kier alpha value is -0.120. The first-order chi connectivity index (χ1) is 8.40. The number of hydrogen-bond donors (Lipinski definition) is 1. The Kier molecular flexibility index (Phi) is 4.35. The molecule has 3 heteroatoms. The molecule has 2 saturated heterocycles. The fraction of sp³-hybridized carbons (Fsp3) is 1.00. The smallest absolute Gasteiger partial charge is 0.0246 e. The van der Waals surface area contributed by atoms with Crippen LogP contribution in [0.1, 0.15) is 40.5 Å². The molecule has 0 aromatic carbocycles. The molecule has 2 aliphatic heterocycles. The van der Waals surface area contributed by atoms with Crippen LogP contribution in [-0.4, -0.2) is 61.2 Å². The second kappa shape index (κ2) is 5.48. The number of hydrogen-bond acceptors (Lipinski definition) is 3. The third kappa shape index (κ3) is 3.06. The summed E-state index contributed by atoms with van der Waals surface area (Å²) in [5.74, 6) is 0. The molecule has 2 aliphatic rings. The van der Waals surface area contributed by atoms with Gasteiger partial charge in [0.25, 0.3) is 0 Å². The molecule has 3 nitrogen and oxygen atoms in total. The van der Waals surface area contributed by atoms with E-state index >= 15 is 0 Å². The number of nitrogens with zero attached hydrogens (tertiary/aromatic N) is 2. The third-order valence-electron chi connectivity index (χ3n) is 5.21. The van der Waals surface area contributed by atoms with Crippen molar-refractivity contribution in [2.75, 3.05) is 33.2 Å². The van der Waals surface area contributed by atoms with Gasteiger partial charge in [-0.3, -0.25) is 9.80 Å². The van der Waals surface area contributed by atoms with E-state index in [1.165, 1.54) is 39.0 Å². The van der Waals surface area contributed by atoms with Gasteiger partial charge in [-0.1, -0.05) is 13.8 Å². The van der Waals surface area contributed by atoms with Gasteiger partial charge in [0.2, 0.25) is 0 Å². The average molecular weight is 253 g/mol. The summed E-state index contributed by atoms with van der Waals surface area (Å²) in [4.78, 5) is 5.18. The zero-order valence-electron chi connectivity index (χ0n) is 12.9. The molecule has 18 heavy (non-hydrogen) atoms. The van der Waals surface area contributed by atoms with Crippen LogP contribution in [0.2, 0.25) is 0 Å². The molecule has 0 bridgehead atoms. The van der Waals surface area contributed by atoms with Gasteiger partial charge in [0.1, 0.15) is 0 Å². The highest BCUT2D eigenvalue weighted by Gasteiger charge is 2.35. The summed E-state index contributed by atoms with van der Waals surface area (Å²) in [5, 5.41) is 3.74. The molecular weight excluding hydrogens is 222 g/mol. The van der Waals surface area contributed by atoms with Crippen molar-refractivity contribution in [3.8, 4) is 0 Å². The second-order valence-corrected chi connectivity index (χ2v) is 7.18. The lowest BCUT2D eigenvalue weighted by molar-refractivity contribution is 0.0363. The molecule has 3 atom stereocenters. The van der Waals surface area contributed by atoms with Gasteiger partial charge >= 0.3 is 0 Å². The van der Waals surface area contributed by atoms with Crippen molar-refractivity contribution in [2.45, 2.75) is 58.7 Å². The normalized spacial score (nSPS) is 38.8. The van der Waals surface area contributed by atoms with Crippen LogP contribution < -0.4 is 5.32 Å². The van der Waals surface area contributed by atoms with Crippen molar-refractivity contribution in [2.24, 2.45) is 5.41 Å². The van der Waals surface area contributed by atoms with Gasteiger partial charge < -0.3 is 5.32 Å². The highest BCUT2D eigenvalue weighted by molar-refractivity contribution is 4.92. The van der Waals surface area contributed by atoms with E-state index in [1.54, 1.807) is 0 Å². The summed E-state index contributed by atoms with van der Waals surface area (Å²) in [6.45, 7) is 14.4. The maximum Gasteiger partial charge on any atom is 0.0246 e. The van der Waals surface area contributed by atoms with Gasteiger partial charge in [0.05, 0.1) is 0 Å². The van der Waals surface area contributed by atoms with E-state index in [9.17, 15) is 0 Å². The minimum Gasteiger partial charge on any atom is -0.312 e. The Morgan fingerprint density at radius 2 is 1.78 bits per heavy atom. The molecule has 0 aromatic heterocycles. The lowest BCUT2D eigenvalue weighted by atomic mass is 9.77. The molecule has 2 fully saturated rings. The maximum absolute atomic E-state index is 3.74. The minimum absolute atomic E-state index is 0.452. The molecule has 0 amide bonds. The summed E-state index contributed by atoms with van der Waals surface area (Å²) >= 11 is 0. The molecule has 0 saturated carbocycles. The standard InChI is InChI=1S/C15H31N3/c1-12-9-18(10-13(2)17(12)5)11-14-15(3,4)7-6-8-16-14/h12-14,16H,6-11H2,1-5H3. The Morgan fingerprint density at radius 1 is 1.17 bits per heavy atom. The van der Waals surface area contributed by atoms with E-state index in [2.05, 4.69) is 49.9 Å².